The SMILES string of the molecule is C=CC[N+](C)(C)NC(=O)c1ccccc1Cl. The summed E-state index contributed by atoms with van der Waals surface area (Å²) in [7, 11) is 3.77. The molecule has 0 saturated carbocycles. The van der Waals surface area contributed by atoms with Crippen molar-refractivity contribution in [2.24, 2.45) is 0 Å². The molecular weight excluding hydrogens is 224 g/mol. The van der Waals surface area contributed by atoms with E-state index in [1.54, 1.807) is 30.3 Å². The molecule has 1 aromatic rings. The normalized spacial score (nSPS) is 10.9. The molecule has 0 radical (unpaired) electrons. The number of carbonyl (C=O) groups is 1. The van der Waals surface area contributed by atoms with Crippen molar-refractivity contribution in [3.63, 3.8) is 0 Å². The Morgan fingerprint density at radius 1 is 1.50 bits per heavy atom. The molecule has 1 rings (SSSR count). The van der Waals surface area contributed by atoms with E-state index in [1.807, 2.05) is 14.1 Å². The van der Waals surface area contributed by atoms with Gasteiger partial charge in [-0.25, -0.2) is 4.59 Å². The molecule has 0 heterocycles. The second-order valence-electron chi connectivity index (χ2n) is 4.08. The lowest BCUT2D eigenvalue weighted by Crippen LogP contribution is -2.54. The van der Waals surface area contributed by atoms with Gasteiger partial charge in [-0.15, -0.1) is 0 Å². The average molecular weight is 240 g/mol. The van der Waals surface area contributed by atoms with Gasteiger partial charge in [-0.05, 0) is 18.2 Å². The number of hydrogen-bond acceptors (Lipinski definition) is 1. The van der Waals surface area contributed by atoms with Crippen molar-refractivity contribution in [2.45, 2.75) is 0 Å². The summed E-state index contributed by atoms with van der Waals surface area (Å²) in [6, 6.07) is 6.98. The molecule has 0 atom stereocenters. The van der Waals surface area contributed by atoms with Gasteiger partial charge in [0.05, 0.1) is 24.7 Å². The molecule has 4 heteroatoms. The molecule has 0 aliphatic heterocycles. The Morgan fingerprint density at radius 2 is 2.12 bits per heavy atom. The molecule has 0 saturated heterocycles. The zero-order valence-corrected chi connectivity index (χ0v) is 10.3. The monoisotopic (exact) mass is 239 g/mol. The zero-order chi connectivity index (χ0) is 12.2. The molecular formula is C12H16ClN2O+. The van der Waals surface area contributed by atoms with Crippen LogP contribution in [0, 0.1) is 0 Å². The summed E-state index contributed by atoms with van der Waals surface area (Å²) in [6.45, 7) is 4.30. The number of amides is 1. The van der Waals surface area contributed by atoms with Crippen molar-refractivity contribution in [2.75, 3.05) is 20.6 Å². The predicted octanol–water partition coefficient (Wildman–Crippen LogP) is 2.25. The second-order valence-corrected chi connectivity index (χ2v) is 4.48. The Balaban J connectivity index is 2.80. The Bertz CT molecular complexity index is 402. The van der Waals surface area contributed by atoms with E-state index in [9.17, 15) is 4.79 Å². The highest BCUT2D eigenvalue weighted by atomic mass is 35.5. The Morgan fingerprint density at radius 3 is 2.69 bits per heavy atom. The summed E-state index contributed by atoms with van der Waals surface area (Å²) < 4.78 is 0.341. The second kappa shape index (κ2) is 5.14. The van der Waals surface area contributed by atoms with E-state index in [1.165, 1.54) is 0 Å². The van der Waals surface area contributed by atoms with Crippen LogP contribution in [-0.4, -0.2) is 31.1 Å². The van der Waals surface area contributed by atoms with Crippen molar-refractivity contribution in [3.8, 4) is 0 Å². The van der Waals surface area contributed by atoms with Crippen molar-refractivity contribution < 1.29 is 9.39 Å². The van der Waals surface area contributed by atoms with Gasteiger partial charge in [-0.1, -0.05) is 30.3 Å². The summed E-state index contributed by atoms with van der Waals surface area (Å²) >= 11 is 5.94. The van der Waals surface area contributed by atoms with E-state index in [0.29, 0.717) is 21.7 Å². The molecule has 0 fully saturated rings. The number of nitrogens with one attached hydrogen (secondary N) is 1. The third-order valence-corrected chi connectivity index (χ3v) is 2.44. The highest BCUT2D eigenvalue weighted by Crippen LogP contribution is 2.14. The minimum Gasteiger partial charge on any atom is -0.264 e. The fraction of sp³-hybridized carbons (Fsp3) is 0.250. The maximum atomic E-state index is 11.9. The van der Waals surface area contributed by atoms with Gasteiger partial charge < -0.3 is 0 Å². The molecule has 0 spiro atoms. The standard InChI is InChI=1S/C12H15ClN2O/c1-4-9-15(2,3)14-12(16)10-7-5-6-8-11(10)13/h4-8H,1,9H2,2-3H3/p+1. The summed E-state index contributed by atoms with van der Waals surface area (Å²) in [5.41, 5.74) is 3.34. The Kier molecular flexibility index (Phi) is 4.10. The quantitative estimate of drug-likeness (QED) is 0.487. The smallest absolute Gasteiger partial charge is 0.264 e. The van der Waals surface area contributed by atoms with Gasteiger partial charge in [-0.2, -0.15) is 5.43 Å². The van der Waals surface area contributed by atoms with Crippen molar-refractivity contribution >= 4 is 17.5 Å². The summed E-state index contributed by atoms with van der Waals surface area (Å²) in [5, 5.41) is 0.457. The highest BCUT2D eigenvalue weighted by Gasteiger charge is 2.19. The van der Waals surface area contributed by atoms with Crippen LogP contribution in [0.4, 0.5) is 0 Å². The largest absolute Gasteiger partial charge is 0.297 e. The molecule has 3 nitrogen and oxygen atoms in total. The number of quaternary nitrogens is 1. The van der Waals surface area contributed by atoms with E-state index < -0.39 is 0 Å². The van der Waals surface area contributed by atoms with Gasteiger partial charge in [0, 0.05) is 0 Å². The van der Waals surface area contributed by atoms with Crippen LogP contribution in [0.15, 0.2) is 36.9 Å². The van der Waals surface area contributed by atoms with E-state index in [4.69, 9.17) is 11.6 Å². The number of carbonyl (C=O) groups excluding carboxylic acids is 1. The number of hydrogen-bond donors (Lipinski definition) is 1. The minimum atomic E-state index is -0.183. The number of rotatable bonds is 4. The topological polar surface area (TPSA) is 29.1 Å². The molecule has 0 aliphatic rings. The summed E-state index contributed by atoms with van der Waals surface area (Å²) in [5.74, 6) is -0.183. The van der Waals surface area contributed by atoms with Crippen LogP contribution in [0.5, 0.6) is 0 Å². The molecule has 0 aliphatic carbocycles. The number of nitrogens with zero attached hydrogens (tertiary/aromatic N) is 1. The molecule has 1 N–H and O–H groups in total. The lowest BCUT2D eigenvalue weighted by molar-refractivity contribution is -0.919. The van der Waals surface area contributed by atoms with E-state index in [2.05, 4.69) is 12.0 Å². The van der Waals surface area contributed by atoms with Crippen LogP contribution in [-0.2, 0) is 0 Å². The van der Waals surface area contributed by atoms with Crippen LogP contribution in [0.1, 0.15) is 10.4 Å². The van der Waals surface area contributed by atoms with Crippen LogP contribution in [0.3, 0.4) is 0 Å². The first-order chi connectivity index (χ1) is 7.46. The average Bonchev–Trinajstić information content (AvgIpc) is 2.17. The van der Waals surface area contributed by atoms with Gasteiger partial charge >= 0.3 is 0 Å². The first-order valence-electron chi connectivity index (χ1n) is 4.97. The molecule has 0 aromatic heterocycles. The van der Waals surface area contributed by atoms with Gasteiger partial charge in [0.2, 0.25) is 0 Å². The van der Waals surface area contributed by atoms with Gasteiger partial charge in [-0.3, -0.25) is 4.79 Å². The summed E-state index contributed by atoms with van der Waals surface area (Å²) in [4.78, 5) is 11.9. The third kappa shape index (κ3) is 3.36. The highest BCUT2D eigenvalue weighted by molar-refractivity contribution is 6.33. The van der Waals surface area contributed by atoms with E-state index >= 15 is 0 Å². The lowest BCUT2D eigenvalue weighted by Gasteiger charge is -2.27. The maximum Gasteiger partial charge on any atom is 0.297 e. The molecule has 0 bridgehead atoms. The Labute approximate surface area is 101 Å². The molecule has 1 amide bonds. The first kappa shape index (κ1) is 12.7. The van der Waals surface area contributed by atoms with Gasteiger partial charge in [0.15, 0.2) is 0 Å². The van der Waals surface area contributed by atoms with Gasteiger partial charge in [0.25, 0.3) is 5.91 Å². The van der Waals surface area contributed by atoms with Crippen molar-refractivity contribution in [1.82, 2.24) is 5.43 Å². The number of halogens is 1. The zero-order valence-electron chi connectivity index (χ0n) is 9.53. The van der Waals surface area contributed by atoms with E-state index in [-0.39, 0.29) is 5.91 Å². The van der Waals surface area contributed by atoms with Crippen LogP contribution >= 0.6 is 11.6 Å². The lowest BCUT2D eigenvalue weighted by atomic mass is 10.2. The maximum absolute atomic E-state index is 11.9. The predicted molar refractivity (Wildman–Crippen MR) is 66.1 cm³/mol. The fourth-order valence-corrected chi connectivity index (χ4v) is 1.57. The molecule has 1 aromatic carbocycles. The van der Waals surface area contributed by atoms with Gasteiger partial charge in [0.1, 0.15) is 6.54 Å². The summed E-state index contributed by atoms with van der Waals surface area (Å²) in [6.07, 6.45) is 1.76. The van der Waals surface area contributed by atoms with Crippen LogP contribution in [0.2, 0.25) is 5.02 Å². The Hall–Kier alpha value is -1.32. The first-order valence-corrected chi connectivity index (χ1v) is 5.35. The fourth-order valence-electron chi connectivity index (χ4n) is 1.35. The third-order valence-electron chi connectivity index (χ3n) is 2.11. The van der Waals surface area contributed by atoms with E-state index in [0.717, 1.165) is 0 Å². The van der Waals surface area contributed by atoms with Crippen molar-refractivity contribution in [1.29, 1.82) is 0 Å². The number of likely N-dealkylation sites (N-methyl/N-ethyl adjacent to an activating group) is 1. The van der Waals surface area contributed by atoms with Crippen LogP contribution < -0.4 is 5.43 Å². The van der Waals surface area contributed by atoms with Crippen LogP contribution in [0.25, 0.3) is 0 Å². The molecule has 16 heavy (non-hydrogen) atoms. The van der Waals surface area contributed by atoms with Crippen molar-refractivity contribution in [3.05, 3.63) is 47.5 Å². The molecule has 0 unspecified atom stereocenters. The number of benzene rings is 1. The minimum absolute atomic E-state index is 0.183. The molecule has 86 valence electrons.